The molecule has 4 aromatic rings. The molecule has 0 saturated carbocycles. The number of aromatic hydroxyl groups is 4. The summed E-state index contributed by atoms with van der Waals surface area (Å²) in [6.45, 7) is 4.26. The van der Waals surface area contributed by atoms with Crippen LogP contribution in [0.15, 0.2) is 97.1 Å². The second-order valence-electron chi connectivity index (χ2n) is 8.29. The zero-order valence-electron chi connectivity index (χ0n) is 19.6. The maximum atomic E-state index is 9.29. The molecule has 0 fully saturated rings. The van der Waals surface area contributed by atoms with Crippen LogP contribution < -0.4 is 0 Å². The molecular formula is C30H32O4. The van der Waals surface area contributed by atoms with E-state index in [4.69, 9.17) is 0 Å². The van der Waals surface area contributed by atoms with Crippen molar-refractivity contribution in [2.45, 2.75) is 38.5 Å². The third-order valence-corrected chi connectivity index (χ3v) is 6.00. The Hall–Kier alpha value is -3.92. The number of hydrogen-bond donors (Lipinski definition) is 4. The van der Waals surface area contributed by atoms with Crippen LogP contribution in [0.25, 0.3) is 0 Å². The van der Waals surface area contributed by atoms with E-state index in [1.807, 2.05) is 48.5 Å². The molecule has 4 nitrogen and oxygen atoms in total. The summed E-state index contributed by atoms with van der Waals surface area (Å²) >= 11 is 0. The first kappa shape index (κ1) is 24.7. The predicted octanol–water partition coefficient (Wildman–Crippen LogP) is 7.28. The van der Waals surface area contributed by atoms with Gasteiger partial charge in [-0.3, -0.25) is 0 Å². The van der Waals surface area contributed by atoms with Gasteiger partial charge in [0.25, 0.3) is 0 Å². The minimum absolute atomic E-state index is 0.286. The van der Waals surface area contributed by atoms with Crippen molar-refractivity contribution in [2.75, 3.05) is 0 Å². The summed E-state index contributed by atoms with van der Waals surface area (Å²) in [5.74, 6) is 1.75. The van der Waals surface area contributed by atoms with E-state index in [2.05, 4.69) is 13.8 Å². The lowest BCUT2D eigenvalue weighted by Crippen LogP contribution is -1.98. The van der Waals surface area contributed by atoms with E-state index in [9.17, 15) is 20.4 Å². The van der Waals surface area contributed by atoms with Gasteiger partial charge in [0.05, 0.1) is 0 Å². The quantitative estimate of drug-likeness (QED) is 0.246. The molecule has 4 rings (SSSR count). The van der Waals surface area contributed by atoms with E-state index in [1.54, 1.807) is 48.5 Å². The van der Waals surface area contributed by atoms with Gasteiger partial charge >= 0.3 is 0 Å². The van der Waals surface area contributed by atoms with Crippen molar-refractivity contribution in [3.8, 4) is 23.0 Å². The highest BCUT2D eigenvalue weighted by Gasteiger charge is 2.12. The first-order valence-corrected chi connectivity index (χ1v) is 11.6. The molecule has 0 bridgehead atoms. The zero-order valence-corrected chi connectivity index (χ0v) is 19.6. The molecular weight excluding hydrogens is 424 g/mol. The summed E-state index contributed by atoms with van der Waals surface area (Å²) in [6, 6.07) is 29.2. The molecule has 34 heavy (non-hydrogen) atoms. The molecule has 0 radical (unpaired) electrons. The summed E-state index contributed by atoms with van der Waals surface area (Å²) in [6.07, 6.45) is 1.96. The largest absolute Gasteiger partial charge is 0.508 e. The summed E-state index contributed by atoms with van der Waals surface area (Å²) < 4.78 is 0. The van der Waals surface area contributed by atoms with Crippen molar-refractivity contribution >= 4 is 0 Å². The van der Waals surface area contributed by atoms with Crippen molar-refractivity contribution in [2.24, 2.45) is 0 Å². The van der Waals surface area contributed by atoms with E-state index in [0.29, 0.717) is 11.8 Å². The van der Waals surface area contributed by atoms with Crippen LogP contribution >= 0.6 is 0 Å². The Balaban J connectivity index is 0.000000191. The SMILES string of the molecule is CCC(c1ccc(O)cc1)c1ccc(O)cc1.CCC(c1ccc(O)cc1)c1ccc(O)cc1. The molecule has 0 saturated heterocycles. The van der Waals surface area contributed by atoms with Crippen molar-refractivity contribution in [1.29, 1.82) is 0 Å². The van der Waals surface area contributed by atoms with Crippen molar-refractivity contribution in [1.82, 2.24) is 0 Å². The maximum Gasteiger partial charge on any atom is 0.115 e. The summed E-state index contributed by atoms with van der Waals surface area (Å²) in [5.41, 5.74) is 4.71. The fraction of sp³-hybridized carbons (Fsp3) is 0.200. The third kappa shape index (κ3) is 6.55. The third-order valence-electron chi connectivity index (χ3n) is 6.00. The molecule has 0 aliphatic heterocycles. The molecule has 0 atom stereocenters. The Morgan fingerprint density at radius 1 is 0.382 bits per heavy atom. The van der Waals surface area contributed by atoms with Crippen LogP contribution in [0.2, 0.25) is 0 Å². The van der Waals surface area contributed by atoms with Gasteiger partial charge in [-0.2, -0.15) is 0 Å². The van der Waals surface area contributed by atoms with Gasteiger partial charge in [0.2, 0.25) is 0 Å². The van der Waals surface area contributed by atoms with Crippen LogP contribution in [-0.2, 0) is 0 Å². The van der Waals surface area contributed by atoms with Crippen molar-refractivity contribution in [3.63, 3.8) is 0 Å². The fourth-order valence-corrected chi connectivity index (χ4v) is 4.15. The molecule has 0 aliphatic carbocycles. The van der Waals surface area contributed by atoms with Gasteiger partial charge in [-0.1, -0.05) is 62.4 Å². The van der Waals surface area contributed by atoms with Crippen molar-refractivity contribution in [3.05, 3.63) is 119 Å². The lowest BCUT2D eigenvalue weighted by molar-refractivity contribution is 0.474. The van der Waals surface area contributed by atoms with Gasteiger partial charge in [-0.05, 0) is 83.6 Å². The van der Waals surface area contributed by atoms with E-state index in [-0.39, 0.29) is 23.0 Å². The first-order valence-electron chi connectivity index (χ1n) is 11.6. The Bertz CT molecular complexity index is 947. The molecule has 4 heteroatoms. The average Bonchev–Trinajstić information content (AvgIpc) is 2.85. The highest BCUT2D eigenvalue weighted by Crippen LogP contribution is 2.31. The van der Waals surface area contributed by atoms with E-state index < -0.39 is 0 Å². The molecule has 0 heterocycles. The number of phenols is 4. The standard InChI is InChI=1S/2C15H16O2/c2*1-2-15(11-3-7-13(16)8-4-11)12-5-9-14(17)10-6-12/h2*3-10,15-17H,2H2,1H3. The molecule has 4 N–H and O–H groups in total. The second-order valence-corrected chi connectivity index (χ2v) is 8.29. The molecule has 0 spiro atoms. The molecule has 176 valence electrons. The first-order chi connectivity index (χ1) is 16.4. The minimum Gasteiger partial charge on any atom is -0.508 e. The highest BCUT2D eigenvalue weighted by atomic mass is 16.3. The Kier molecular flexibility index (Phi) is 8.58. The highest BCUT2D eigenvalue weighted by molar-refractivity contribution is 5.38. The van der Waals surface area contributed by atoms with Gasteiger partial charge < -0.3 is 20.4 Å². The van der Waals surface area contributed by atoms with Gasteiger partial charge in [-0.25, -0.2) is 0 Å². The molecule has 4 aromatic carbocycles. The predicted molar refractivity (Wildman–Crippen MR) is 137 cm³/mol. The Morgan fingerprint density at radius 2 is 0.559 bits per heavy atom. The van der Waals surface area contributed by atoms with Gasteiger partial charge in [0.15, 0.2) is 0 Å². The molecule has 0 aromatic heterocycles. The fourth-order valence-electron chi connectivity index (χ4n) is 4.15. The van der Waals surface area contributed by atoms with E-state index >= 15 is 0 Å². The molecule has 0 unspecified atom stereocenters. The van der Waals surface area contributed by atoms with Gasteiger partial charge in [0.1, 0.15) is 23.0 Å². The average molecular weight is 457 g/mol. The van der Waals surface area contributed by atoms with Gasteiger partial charge in [-0.15, -0.1) is 0 Å². The summed E-state index contributed by atoms with van der Waals surface area (Å²) in [4.78, 5) is 0. The topological polar surface area (TPSA) is 80.9 Å². The molecule has 0 amide bonds. The Morgan fingerprint density at radius 3 is 0.706 bits per heavy atom. The second kappa shape index (κ2) is 11.8. The van der Waals surface area contributed by atoms with Crippen molar-refractivity contribution < 1.29 is 20.4 Å². The Labute approximate surface area is 201 Å². The normalized spacial score (nSPS) is 10.7. The summed E-state index contributed by atoms with van der Waals surface area (Å²) in [7, 11) is 0. The number of phenolic OH excluding ortho intramolecular Hbond substituents is 4. The van der Waals surface area contributed by atoms with E-state index in [1.165, 1.54) is 22.3 Å². The lowest BCUT2D eigenvalue weighted by atomic mass is 9.89. The number of benzene rings is 4. The molecule has 0 aliphatic rings. The van der Waals surface area contributed by atoms with Crippen LogP contribution in [0.3, 0.4) is 0 Å². The maximum absolute atomic E-state index is 9.29. The van der Waals surface area contributed by atoms with Crippen LogP contribution in [-0.4, -0.2) is 20.4 Å². The summed E-state index contributed by atoms with van der Waals surface area (Å²) in [5, 5.41) is 37.1. The van der Waals surface area contributed by atoms with Crippen LogP contribution in [0, 0.1) is 0 Å². The van der Waals surface area contributed by atoms with E-state index in [0.717, 1.165) is 12.8 Å². The lowest BCUT2D eigenvalue weighted by Gasteiger charge is -2.16. The van der Waals surface area contributed by atoms with Crippen LogP contribution in [0.4, 0.5) is 0 Å². The number of rotatable bonds is 6. The monoisotopic (exact) mass is 456 g/mol. The number of hydrogen-bond acceptors (Lipinski definition) is 4. The van der Waals surface area contributed by atoms with Crippen LogP contribution in [0.5, 0.6) is 23.0 Å². The smallest absolute Gasteiger partial charge is 0.115 e. The van der Waals surface area contributed by atoms with Crippen LogP contribution in [0.1, 0.15) is 60.8 Å². The minimum atomic E-state index is 0.286. The zero-order chi connectivity index (χ0) is 24.5. The van der Waals surface area contributed by atoms with Gasteiger partial charge in [0, 0.05) is 11.8 Å².